The summed E-state index contributed by atoms with van der Waals surface area (Å²) in [5.74, 6) is 0.778. The van der Waals surface area contributed by atoms with Crippen molar-refractivity contribution in [1.29, 1.82) is 0 Å². The largest absolute Gasteiger partial charge is 0.311 e. The van der Waals surface area contributed by atoms with Gasteiger partial charge in [0.2, 0.25) is 0 Å². The summed E-state index contributed by atoms with van der Waals surface area (Å²) in [4.78, 5) is 0. The van der Waals surface area contributed by atoms with E-state index >= 15 is 0 Å². The normalized spacial score (nSPS) is 15.5. The van der Waals surface area contributed by atoms with Gasteiger partial charge in [-0.1, -0.05) is 46.3 Å². The smallest absolute Gasteiger partial charge is 0.0254 e. The summed E-state index contributed by atoms with van der Waals surface area (Å²) >= 11 is 0. The summed E-state index contributed by atoms with van der Waals surface area (Å²) < 4.78 is 0. The van der Waals surface area contributed by atoms with Crippen LogP contribution in [0.4, 0.5) is 0 Å². The minimum absolute atomic E-state index is 0.444. The maximum atomic E-state index is 3.64. The summed E-state index contributed by atoms with van der Waals surface area (Å²) in [6, 6.07) is 0.553. The van der Waals surface area contributed by atoms with Gasteiger partial charge in [-0.2, -0.15) is 0 Å². The highest BCUT2D eigenvalue weighted by Crippen LogP contribution is 2.27. The predicted molar refractivity (Wildman–Crippen MR) is 79.4 cm³/mol. The molecule has 0 radical (unpaired) electrons. The van der Waals surface area contributed by atoms with Crippen LogP contribution in [0, 0.1) is 11.3 Å². The summed E-state index contributed by atoms with van der Waals surface area (Å²) in [7, 11) is 0. The Kier molecular flexibility index (Phi) is 7.78. The monoisotopic (exact) mass is 239 g/mol. The maximum Gasteiger partial charge on any atom is 0.0254 e. The molecule has 17 heavy (non-hydrogen) atoms. The Balaban J connectivity index is 4.27. The van der Waals surface area contributed by atoms with Crippen LogP contribution >= 0.6 is 0 Å². The first-order valence-electron chi connectivity index (χ1n) is 7.13. The van der Waals surface area contributed by atoms with E-state index in [-0.39, 0.29) is 0 Å². The molecule has 0 aromatic rings. The van der Waals surface area contributed by atoms with E-state index in [0.29, 0.717) is 11.5 Å². The molecule has 0 amide bonds. The number of hydrogen-bond donors (Lipinski definition) is 1. The quantitative estimate of drug-likeness (QED) is 0.630. The second-order valence-corrected chi connectivity index (χ2v) is 6.91. The Morgan fingerprint density at radius 3 is 2.24 bits per heavy atom. The molecular weight excluding hydrogens is 206 g/mol. The van der Waals surface area contributed by atoms with Gasteiger partial charge in [0.1, 0.15) is 0 Å². The lowest BCUT2D eigenvalue weighted by Crippen LogP contribution is -2.30. The van der Waals surface area contributed by atoms with Gasteiger partial charge >= 0.3 is 0 Å². The van der Waals surface area contributed by atoms with E-state index in [2.05, 4.69) is 59.9 Å². The van der Waals surface area contributed by atoms with Gasteiger partial charge in [-0.25, -0.2) is 0 Å². The van der Waals surface area contributed by atoms with Gasteiger partial charge in [-0.15, -0.1) is 0 Å². The van der Waals surface area contributed by atoms with E-state index in [1.807, 2.05) is 0 Å². The fourth-order valence-electron chi connectivity index (χ4n) is 2.50. The average Bonchev–Trinajstić information content (AvgIpc) is 2.09. The van der Waals surface area contributed by atoms with Gasteiger partial charge in [-0.05, 0) is 51.0 Å². The second-order valence-electron chi connectivity index (χ2n) is 6.91. The molecule has 1 N–H and O–H groups in total. The summed E-state index contributed by atoms with van der Waals surface area (Å²) in [5.41, 5.74) is 1.86. The van der Waals surface area contributed by atoms with Crippen molar-refractivity contribution in [2.45, 2.75) is 73.8 Å². The number of allylic oxidation sites excluding steroid dienone is 1. The zero-order chi connectivity index (χ0) is 13.5. The third kappa shape index (κ3) is 10.6. The lowest BCUT2D eigenvalue weighted by atomic mass is 9.83. The van der Waals surface area contributed by atoms with Gasteiger partial charge in [0.05, 0.1) is 0 Å². The number of nitrogens with one attached hydrogen (secondary N) is 1. The van der Waals surface area contributed by atoms with Gasteiger partial charge in [-0.3, -0.25) is 0 Å². The van der Waals surface area contributed by atoms with E-state index in [0.717, 1.165) is 12.5 Å². The van der Waals surface area contributed by atoms with Crippen molar-refractivity contribution in [1.82, 2.24) is 5.32 Å². The Hall–Kier alpha value is -0.300. The van der Waals surface area contributed by atoms with Gasteiger partial charge in [0.15, 0.2) is 0 Å². The molecule has 0 fully saturated rings. The van der Waals surface area contributed by atoms with Crippen molar-refractivity contribution in [3.05, 3.63) is 11.6 Å². The molecule has 0 aliphatic carbocycles. The minimum atomic E-state index is 0.444. The molecule has 0 saturated heterocycles. The van der Waals surface area contributed by atoms with E-state index < -0.39 is 0 Å². The Bertz CT molecular complexity index is 218. The van der Waals surface area contributed by atoms with Crippen LogP contribution in [-0.4, -0.2) is 12.6 Å². The van der Waals surface area contributed by atoms with Crippen molar-refractivity contribution in [3.63, 3.8) is 0 Å². The molecule has 0 saturated carbocycles. The van der Waals surface area contributed by atoms with Crippen molar-refractivity contribution < 1.29 is 0 Å². The standard InChI is InChI=1S/C16H33N/c1-8-9-17-15(10-13(2)3)11-14(4)12-16(5,6)7/h10,14-15,17H,8-9,11-12H2,1-7H3. The van der Waals surface area contributed by atoms with Gasteiger partial charge in [0.25, 0.3) is 0 Å². The number of hydrogen-bond acceptors (Lipinski definition) is 1. The molecule has 1 nitrogen and oxygen atoms in total. The third-order valence-electron chi connectivity index (χ3n) is 2.81. The minimum Gasteiger partial charge on any atom is -0.311 e. The van der Waals surface area contributed by atoms with Crippen molar-refractivity contribution >= 4 is 0 Å². The topological polar surface area (TPSA) is 12.0 Å². The van der Waals surface area contributed by atoms with Crippen molar-refractivity contribution in [2.75, 3.05) is 6.54 Å². The van der Waals surface area contributed by atoms with Crippen LogP contribution in [0.15, 0.2) is 11.6 Å². The van der Waals surface area contributed by atoms with Crippen LogP contribution in [0.5, 0.6) is 0 Å². The molecule has 0 heterocycles. The summed E-state index contributed by atoms with van der Waals surface area (Å²) in [6.45, 7) is 17.1. The molecule has 0 aliphatic rings. The van der Waals surface area contributed by atoms with Crippen LogP contribution in [0.1, 0.15) is 67.7 Å². The first-order chi connectivity index (χ1) is 7.74. The van der Waals surface area contributed by atoms with E-state index in [1.165, 1.54) is 24.8 Å². The van der Waals surface area contributed by atoms with E-state index in [9.17, 15) is 0 Å². The van der Waals surface area contributed by atoms with Crippen molar-refractivity contribution in [3.8, 4) is 0 Å². The zero-order valence-corrected chi connectivity index (χ0v) is 13.1. The first kappa shape index (κ1) is 16.7. The molecule has 102 valence electrons. The highest BCUT2D eigenvalue weighted by Gasteiger charge is 2.17. The Labute approximate surface area is 109 Å². The molecule has 2 atom stereocenters. The molecule has 2 unspecified atom stereocenters. The molecule has 0 aromatic carbocycles. The first-order valence-corrected chi connectivity index (χ1v) is 7.13. The van der Waals surface area contributed by atoms with E-state index in [1.54, 1.807) is 0 Å². The van der Waals surface area contributed by atoms with Crippen molar-refractivity contribution in [2.24, 2.45) is 11.3 Å². The zero-order valence-electron chi connectivity index (χ0n) is 13.1. The van der Waals surface area contributed by atoms with Crippen LogP contribution < -0.4 is 5.32 Å². The predicted octanol–water partition coefficient (Wildman–Crippen LogP) is 4.78. The lowest BCUT2D eigenvalue weighted by Gasteiger charge is -2.26. The van der Waals surface area contributed by atoms with Crippen LogP contribution in [-0.2, 0) is 0 Å². The molecule has 0 aromatic heterocycles. The van der Waals surface area contributed by atoms with Gasteiger partial charge < -0.3 is 5.32 Å². The Morgan fingerprint density at radius 2 is 1.82 bits per heavy atom. The lowest BCUT2D eigenvalue weighted by molar-refractivity contribution is 0.284. The SMILES string of the molecule is CCCNC(C=C(C)C)CC(C)CC(C)(C)C. The maximum absolute atomic E-state index is 3.64. The molecule has 1 heteroatoms. The van der Waals surface area contributed by atoms with Crippen LogP contribution in [0.3, 0.4) is 0 Å². The highest BCUT2D eigenvalue weighted by molar-refractivity contribution is 5.01. The fourth-order valence-corrected chi connectivity index (χ4v) is 2.50. The molecule has 0 aliphatic heterocycles. The second kappa shape index (κ2) is 7.92. The van der Waals surface area contributed by atoms with Crippen LogP contribution in [0.25, 0.3) is 0 Å². The molecule has 0 rings (SSSR count). The molecular formula is C16H33N. The highest BCUT2D eigenvalue weighted by atomic mass is 14.9. The fraction of sp³-hybridized carbons (Fsp3) is 0.875. The third-order valence-corrected chi connectivity index (χ3v) is 2.81. The number of rotatable bonds is 7. The van der Waals surface area contributed by atoms with E-state index in [4.69, 9.17) is 0 Å². The average molecular weight is 239 g/mol. The molecule has 0 spiro atoms. The van der Waals surface area contributed by atoms with Gasteiger partial charge in [0, 0.05) is 6.04 Å². The summed E-state index contributed by atoms with van der Waals surface area (Å²) in [5, 5.41) is 3.64. The molecule has 0 bridgehead atoms. The Morgan fingerprint density at radius 1 is 1.24 bits per heavy atom. The van der Waals surface area contributed by atoms with Crippen LogP contribution in [0.2, 0.25) is 0 Å². The summed E-state index contributed by atoms with van der Waals surface area (Å²) in [6.07, 6.45) is 6.14.